The van der Waals surface area contributed by atoms with Crippen LogP contribution in [-0.2, 0) is 9.59 Å². The second-order valence-corrected chi connectivity index (χ2v) is 6.06. The van der Waals surface area contributed by atoms with E-state index in [0.29, 0.717) is 22.9 Å². The number of benzene rings is 3. The van der Waals surface area contributed by atoms with E-state index in [-0.39, 0.29) is 12.5 Å². The van der Waals surface area contributed by atoms with Crippen LogP contribution in [0.25, 0.3) is 6.08 Å². The lowest BCUT2D eigenvalue weighted by molar-refractivity contribution is -0.120. The zero-order valence-electron chi connectivity index (χ0n) is 15.6. The van der Waals surface area contributed by atoms with E-state index in [0.717, 1.165) is 5.56 Å². The van der Waals surface area contributed by atoms with Crippen molar-refractivity contribution in [1.82, 2.24) is 0 Å². The van der Waals surface area contributed by atoms with Crippen molar-refractivity contribution in [1.29, 1.82) is 0 Å². The summed E-state index contributed by atoms with van der Waals surface area (Å²) in [6.07, 6.45) is 3.10. The zero-order valence-corrected chi connectivity index (χ0v) is 15.6. The number of carbonyl (C=O) groups is 2. The van der Waals surface area contributed by atoms with Gasteiger partial charge < -0.3 is 20.5 Å². The van der Waals surface area contributed by atoms with Crippen molar-refractivity contribution in [3.05, 3.63) is 90.5 Å². The maximum absolute atomic E-state index is 12.3. The van der Waals surface area contributed by atoms with Gasteiger partial charge in [0.25, 0.3) is 5.91 Å². The number of rotatable bonds is 8. The highest BCUT2D eigenvalue weighted by Gasteiger charge is 2.06. The molecule has 0 saturated carbocycles. The van der Waals surface area contributed by atoms with E-state index in [9.17, 15) is 9.59 Å². The van der Waals surface area contributed by atoms with Crippen LogP contribution in [0.1, 0.15) is 5.56 Å². The first-order chi connectivity index (χ1) is 14.1. The SMILES string of the molecule is NC(=O)COc1ccc(/C=C/C(=O)Nc2ccccc2Oc2ccccc2)cc1. The van der Waals surface area contributed by atoms with Crippen molar-refractivity contribution >= 4 is 23.6 Å². The van der Waals surface area contributed by atoms with E-state index in [1.165, 1.54) is 6.08 Å². The third kappa shape index (κ3) is 6.25. The van der Waals surface area contributed by atoms with Crippen molar-refractivity contribution in [2.24, 2.45) is 5.73 Å². The van der Waals surface area contributed by atoms with Gasteiger partial charge in [0, 0.05) is 6.08 Å². The lowest BCUT2D eigenvalue weighted by Gasteiger charge is -2.11. The lowest BCUT2D eigenvalue weighted by atomic mass is 10.2. The maximum Gasteiger partial charge on any atom is 0.255 e. The monoisotopic (exact) mass is 388 g/mol. The van der Waals surface area contributed by atoms with Gasteiger partial charge in [0.05, 0.1) is 5.69 Å². The third-order valence-electron chi connectivity index (χ3n) is 3.80. The summed E-state index contributed by atoms with van der Waals surface area (Å²) in [7, 11) is 0. The lowest BCUT2D eigenvalue weighted by Crippen LogP contribution is -2.19. The predicted molar refractivity (Wildman–Crippen MR) is 112 cm³/mol. The molecule has 0 saturated heterocycles. The van der Waals surface area contributed by atoms with Crippen molar-refractivity contribution in [2.45, 2.75) is 0 Å². The molecule has 0 unspecified atom stereocenters. The molecule has 3 aromatic carbocycles. The van der Waals surface area contributed by atoms with E-state index >= 15 is 0 Å². The predicted octanol–water partition coefficient (Wildman–Crippen LogP) is 3.99. The molecule has 29 heavy (non-hydrogen) atoms. The molecule has 0 aromatic heterocycles. The summed E-state index contributed by atoms with van der Waals surface area (Å²) in [5.74, 6) is 0.933. The number of nitrogens with one attached hydrogen (secondary N) is 1. The maximum atomic E-state index is 12.3. The Balaban J connectivity index is 1.61. The van der Waals surface area contributed by atoms with Crippen LogP contribution in [0.5, 0.6) is 17.2 Å². The van der Waals surface area contributed by atoms with Gasteiger partial charge in [0.1, 0.15) is 11.5 Å². The van der Waals surface area contributed by atoms with Crippen molar-refractivity contribution in [3.63, 3.8) is 0 Å². The quantitative estimate of drug-likeness (QED) is 0.571. The number of amides is 2. The minimum absolute atomic E-state index is 0.179. The van der Waals surface area contributed by atoms with E-state index in [1.54, 1.807) is 42.5 Å². The number of nitrogens with two attached hydrogens (primary N) is 1. The molecule has 0 aliphatic rings. The van der Waals surface area contributed by atoms with E-state index in [4.69, 9.17) is 15.2 Å². The number of para-hydroxylation sites is 3. The summed E-state index contributed by atoms with van der Waals surface area (Å²) >= 11 is 0. The van der Waals surface area contributed by atoms with Gasteiger partial charge in [-0.3, -0.25) is 9.59 Å². The molecule has 6 nitrogen and oxygen atoms in total. The fourth-order valence-electron chi connectivity index (χ4n) is 2.45. The summed E-state index contributed by atoms with van der Waals surface area (Å²) in [6, 6.07) is 23.5. The highest BCUT2D eigenvalue weighted by molar-refractivity contribution is 6.02. The fraction of sp³-hybridized carbons (Fsp3) is 0.0435. The molecule has 0 heterocycles. The Morgan fingerprint density at radius 3 is 2.28 bits per heavy atom. The topological polar surface area (TPSA) is 90.7 Å². The number of hydrogen-bond acceptors (Lipinski definition) is 4. The molecule has 3 N–H and O–H groups in total. The third-order valence-corrected chi connectivity index (χ3v) is 3.80. The fourth-order valence-corrected chi connectivity index (χ4v) is 2.45. The zero-order chi connectivity index (χ0) is 20.5. The van der Waals surface area contributed by atoms with Gasteiger partial charge in [-0.15, -0.1) is 0 Å². The molecular formula is C23H20N2O4. The van der Waals surface area contributed by atoms with Gasteiger partial charge in [-0.05, 0) is 48.0 Å². The summed E-state index contributed by atoms with van der Waals surface area (Å²) in [5.41, 5.74) is 6.42. The number of hydrogen-bond donors (Lipinski definition) is 2. The van der Waals surface area contributed by atoms with Crippen molar-refractivity contribution in [3.8, 4) is 17.2 Å². The largest absolute Gasteiger partial charge is 0.484 e. The van der Waals surface area contributed by atoms with Gasteiger partial charge in [0.15, 0.2) is 12.4 Å². The normalized spacial score (nSPS) is 10.5. The van der Waals surface area contributed by atoms with Gasteiger partial charge in [-0.1, -0.05) is 42.5 Å². The molecule has 6 heteroatoms. The first-order valence-corrected chi connectivity index (χ1v) is 8.92. The van der Waals surface area contributed by atoms with Crippen LogP contribution >= 0.6 is 0 Å². The second-order valence-electron chi connectivity index (χ2n) is 6.06. The average Bonchev–Trinajstić information content (AvgIpc) is 2.73. The Labute approximate surface area is 168 Å². The molecule has 0 spiro atoms. The standard InChI is InChI=1S/C23H20N2O4/c24-22(26)16-28-18-13-10-17(11-14-18)12-15-23(27)25-20-8-4-5-9-21(20)29-19-6-2-1-3-7-19/h1-15H,16H2,(H2,24,26)(H,25,27)/b15-12+. The van der Waals surface area contributed by atoms with Crippen LogP contribution in [0.15, 0.2) is 84.9 Å². The summed E-state index contributed by atoms with van der Waals surface area (Å²) in [4.78, 5) is 23.0. The summed E-state index contributed by atoms with van der Waals surface area (Å²) < 4.78 is 11.0. The Bertz CT molecular complexity index is 999. The number of anilines is 1. The summed E-state index contributed by atoms with van der Waals surface area (Å²) in [6.45, 7) is -0.179. The van der Waals surface area contributed by atoms with Crippen LogP contribution in [-0.4, -0.2) is 18.4 Å². The average molecular weight is 388 g/mol. The van der Waals surface area contributed by atoms with Crippen LogP contribution in [0.4, 0.5) is 5.69 Å². The highest BCUT2D eigenvalue weighted by Crippen LogP contribution is 2.29. The number of primary amides is 1. The molecule has 146 valence electrons. The molecular weight excluding hydrogens is 368 g/mol. The van der Waals surface area contributed by atoms with Gasteiger partial charge in [-0.25, -0.2) is 0 Å². The Morgan fingerprint density at radius 2 is 1.55 bits per heavy atom. The first-order valence-electron chi connectivity index (χ1n) is 8.92. The van der Waals surface area contributed by atoms with E-state index in [2.05, 4.69) is 5.32 Å². The molecule has 2 amide bonds. The van der Waals surface area contributed by atoms with Gasteiger partial charge in [0.2, 0.25) is 5.91 Å². The second kappa shape index (κ2) is 9.75. The smallest absolute Gasteiger partial charge is 0.255 e. The van der Waals surface area contributed by atoms with Crippen LogP contribution in [0.3, 0.4) is 0 Å². The molecule has 0 atom stereocenters. The van der Waals surface area contributed by atoms with Gasteiger partial charge >= 0.3 is 0 Å². The van der Waals surface area contributed by atoms with E-state index in [1.807, 2.05) is 42.5 Å². The Kier molecular flexibility index (Phi) is 6.62. The first kappa shape index (κ1) is 19.7. The van der Waals surface area contributed by atoms with E-state index < -0.39 is 5.91 Å². The van der Waals surface area contributed by atoms with Crippen LogP contribution < -0.4 is 20.5 Å². The highest BCUT2D eigenvalue weighted by atomic mass is 16.5. The molecule has 0 aliphatic carbocycles. The molecule has 0 bridgehead atoms. The van der Waals surface area contributed by atoms with Gasteiger partial charge in [-0.2, -0.15) is 0 Å². The minimum Gasteiger partial charge on any atom is -0.484 e. The van der Waals surface area contributed by atoms with Crippen LogP contribution in [0.2, 0.25) is 0 Å². The van der Waals surface area contributed by atoms with Crippen LogP contribution in [0, 0.1) is 0 Å². The summed E-state index contributed by atoms with van der Waals surface area (Å²) in [5, 5.41) is 2.82. The Morgan fingerprint density at radius 1 is 0.862 bits per heavy atom. The number of carbonyl (C=O) groups excluding carboxylic acids is 2. The molecule has 0 aliphatic heterocycles. The number of ether oxygens (including phenoxy) is 2. The van der Waals surface area contributed by atoms with Crippen molar-refractivity contribution < 1.29 is 19.1 Å². The molecule has 0 radical (unpaired) electrons. The Hall–Kier alpha value is -4.06. The minimum atomic E-state index is -0.540. The molecule has 3 aromatic rings. The molecule has 3 rings (SSSR count). The van der Waals surface area contributed by atoms with Crippen molar-refractivity contribution in [2.75, 3.05) is 11.9 Å². The molecule has 0 fully saturated rings.